The van der Waals surface area contributed by atoms with E-state index in [0.717, 1.165) is 23.4 Å². The van der Waals surface area contributed by atoms with Crippen molar-refractivity contribution in [1.29, 1.82) is 0 Å². The first-order valence-corrected chi connectivity index (χ1v) is 8.11. The van der Waals surface area contributed by atoms with Crippen molar-refractivity contribution in [2.24, 2.45) is 0 Å². The molecule has 0 unspecified atom stereocenters. The van der Waals surface area contributed by atoms with Crippen molar-refractivity contribution in [3.63, 3.8) is 0 Å². The molecule has 0 saturated heterocycles. The molecule has 1 aromatic heterocycles. The molecule has 1 fully saturated rings. The fourth-order valence-corrected chi connectivity index (χ4v) is 3.22. The number of carbonyl (C=O) groups is 1. The van der Waals surface area contributed by atoms with Gasteiger partial charge in [0.2, 0.25) is 11.0 Å². The van der Waals surface area contributed by atoms with Crippen LogP contribution in [0.4, 0.5) is 5.13 Å². The monoisotopic (exact) mass is 321 g/mol. The Morgan fingerprint density at radius 3 is 2.71 bits per heavy atom. The second-order valence-corrected chi connectivity index (χ2v) is 7.09. The van der Waals surface area contributed by atoms with E-state index in [1.54, 1.807) is 0 Å². The van der Waals surface area contributed by atoms with E-state index < -0.39 is 5.41 Å². The second-order valence-electron chi connectivity index (χ2n) is 5.65. The predicted molar refractivity (Wildman–Crippen MR) is 85.0 cm³/mol. The van der Waals surface area contributed by atoms with Gasteiger partial charge in [0.25, 0.3) is 0 Å². The molecule has 0 spiro atoms. The largest absolute Gasteiger partial charge is 0.300 e. The average molecular weight is 322 g/mol. The summed E-state index contributed by atoms with van der Waals surface area (Å²) in [5.41, 5.74) is 0.523. The lowest BCUT2D eigenvalue weighted by atomic mass is 9.95. The number of aromatic nitrogens is 2. The Morgan fingerprint density at radius 2 is 2.14 bits per heavy atom. The molecular formula is C15H16ClN3OS. The fraction of sp³-hybridized carbons (Fsp3) is 0.400. The zero-order chi connectivity index (χ0) is 15.0. The summed E-state index contributed by atoms with van der Waals surface area (Å²) in [4.78, 5) is 12.6. The third-order valence-electron chi connectivity index (χ3n) is 3.72. The molecule has 0 aliphatic heterocycles. The molecule has 110 valence electrons. The molecule has 6 heteroatoms. The van der Waals surface area contributed by atoms with Crippen molar-refractivity contribution in [2.45, 2.75) is 38.0 Å². The van der Waals surface area contributed by atoms with E-state index in [2.05, 4.69) is 29.4 Å². The van der Waals surface area contributed by atoms with Crippen LogP contribution in [0.2, 0.25) is 5.02 Å². The van der Waals surface area contributed by atoms with Gasteiger partial charge in [0.15, 0.2) is 0 Å². The molecule has 1 saturated carbocycles. The van der Waals surface area contributed by atoms with Crippen molar-refractivity contribution >= 4 is 34.0 Å². The molecule has 0 bridgehead atoms. The van der Waals surface area contributed by atoms with Crippen LogP contribution >= 0.6 is 22.9 Å². The number of benzene rings is 1. The number of halogens is 1. The van der Waals surface area contributed by atoms with Gasteiger partial charge in [-0.15, -0.1) is 10.2 Å². The minimum atomic E-state index is -0.450. The van der Waals surface area contributed by atoms with E-state index in [9.17, 15) is 4.79 Å². The van der Waals surface area contributed by atoms with Crippen LogP contribution in [-0.2, 0) is 10.2 Å². The van der Waals surface area contributed by atoms with Crippen molar-refractivity contribution in [3.05, 3.63) is 39.9 Å². The lowest BCUT2D eigenvalue weighted by Gasteiger charge is -2.14. The van der Waals surface area contributed by atoms with Gasteiger partial charge in [0, 0.05) is 10.9 Å². The molecular weight excluding hydrogens is 306 g/mol. The topological polar surface area (TPSA) is 54.9 Å². The van der Waals surface area contributed by atoms with Gasteiger partial charge < -0.3 is 0 Å². The average Bonchev–Trinajstić information content (AvgIpc) is 3.13. The summed E-state index contributed by atoms with van der Waals surface area (Å²) < 4.78 is 0. The van der Waals surface area contributed by atoms with Crippen molar-refractivity contribution < 1.29 is 4.79 Å². The van der Waals surface area contributed by atoms with Gasteiger partial charge in [-0.1, -0.05) is 48.9 Å². The maximum absolute atomic E-state index is 12.6. The lowest BCUT2D eigenvalue weighted by molar-refractivity contribution is -0.118. The summed E-state index contributed by atoms with van der Waals surface area (Å²) in [5.74, 6) is 0.298. The van der Waals surface area contributed by atoms with Crippen LogP contribution in [0.3, 0.4) is 0 Å². The van der Waals surface area contributed by atoms with Crippen LogP contribution in [0, 0.1) is 0 Å². The summed E-state index contributed by atoms with van der Waals surface area (Å²) in [6, 6.07) is 7.53. The number of nitrogens with one attached hydrogen (secondary N) is 1. The van der Waals surface area contributed by atoms with Gasteiger partial charge >= 0.3 is 0 Å². The number of rotatable bonds is 4. The Morgan fingerprint density at radius 1 is 1.38 bits per heavy atom. The fourth-order valence-electron chi connectivity index (χ4n) is 2.29. The Hall–Kier alpha value is -1.46. The molecule has 1 heterocycles. The van der Waals surface area contributed by atoms with E-state index in [1.807, 2.05) is 24.3 Å². The molecule has 0 atom stereocenters. The molecule has 1 aliphatic rings. The molecule has 21 heavy (non-hydrogen) atoms. The second kappa shape index (κ2) is 5.39. The van der Waals surface area contributed by atoms with Crippen LogP contribution in [0.1, 0.15) is 43.2 Å². The molecule has 1 amide bonds. The van der Waals surface area contributed by atoms with Crippen LogP contribution in [-0.4, -0.2) is 16.1 Å². The zero-order valence-electron chi connectivity index (χ0n) is 11.9. The first-order chi connectivity index (χ1) is 10.0. The maximum atomic E-state index is 12.6. The van der Waals surface area contributed by atoms with Crippen LogP contribution < -0.4 is 5.32 Å². The van der Waals surface area contributed by atoms with Crippen LogP contribution in [0.15, 0.2) is 24.3 Å². The molecule has 3 rings (SSSR count). The molecule has 4 nitrogen and oxygen atoms in total. The minimum absolute atomic E-state index is 0.0174. The standard InChI is InChI=1S/C15H16ClN3OS/c1-9(2)12-18-19-14(21-12)17-13(20)15(6-7-15)10-4-3-5-11(16)8-10/h3-5,8-9H,6-7H2,1-2H3,(H,17,19,20). The van der Waals surface area contributed by atoms with E-state index in [1.165, 1.54) is 11.3 Å². The van der Waals surface area contributed by atoms with E-state index in [0.29, 0.717) is 16.1 Å². The van der Waals surface area contributed by atoms with Crippen LogP contribution in [0.25, 0.3) is 0 Å². The molecule has 1 aromatic carbocycles. The van der Waals surface area contributed by atoms with Crippen molar-refractivity contribution in [2.75, 3.05) is 5.32 Å². The Labute approximate surface area is 132 Å². The van der Waals surface area contributed by atoms with Crippen molar-refractivity contribution in [1.82, 2.24) is 10.2 Å². The van der Waals surface area contributed by atoms with E-state index in [-0.39, 0.29) is 5.91 Å². The van der Waals surface area contributed by atoms with Gasteiger partial charge in [0.1, 0.15) is 5.01 Å². The number of carbonyl (C=O) groups excluding carboxylic acids is 1. The Kier molecular flexibility index (Phi) is 3.71. The number of nitrogens with zero attached hydrogens (tertiary/aromatic N) is 2. The van der Waals surface area contributed by atoms with Crippen LogP contribution in [0.5, 0.6) is 0 Å². The van der Waals surface area contributed by atoms with Gasteiger partial charge in [-0.2, -0.15) is 0 Å². The van der Waals surface area contributed by atoms with Crippen molar-refractivity contribution in [3.8, 4) is 0 Å². The van der Waals surface area contributed by atoms with Gasteiger partial charge in [-0.3, -0.25) is 10.1 Å². The Balaban J connectivity index is 1.78. The quantitative estimate of drug-likeness (QED) is 0.926. The summed E-state index contributed by atoms with van der Waals surface area (Å²) >= 11 is 7.46. The van der Waals surface area contributed by atoms with Gasteiger partial charge in [-0.25, -0.2) is 0 Å². The molecule has 1 N–H and O–H groups in total. The number of hydrogen-bond acceptors (Lipinski definition) is 4. The Bertz CT molecular complexity index is 679. The van der Waals surface area contributed by atoms with E-state index >= 15 is 0 Å². The minimum Gasteiger partial charge on any atom is -0.300 e. The number of anilines is 1. The highest BCUT2D eigenvalue weighted by molar-refractivity contribution is 7.15. The highest BCUT2D eigenvalue weighted by atomic mass is 35.5. The summed E-state index contributed by atoms with van der Waals surface area (Å²) in [6.45, 7) is 4.11. The normalized spacial score (nSPS) is 16.0. The predicted octanol–water partition coefficient (Wildman–Crippen LogP) is 3.99. The molecule has 1 aliphatic carbocycles. The van der Waals surface area contributed by atoms with E-state index in [4.69, 9.17) is 11.6 Å². The third kappa shape index (κ3) is 2.80. The SMILES string of the molecule is CC(C)c1nnc(NC(=O)C2(c3cccc(Cl)c3)CC2)s1. The first kappa shape index (κ1) is 14.5. The highest BCUT2D eigenvalue weighted by Gasteiger charge is 2.51. The molecule has 0 radical (unpaired) electrons. The van der Waals surface area contributed by atoms with Gasteiger partial charge in [-0.05, 0) is 30.5 Å². The summed E-state index contributed by atoms with van der Waals surface area (Å²) in [6.07, 6.45) is 1.68. The third-order valence-corrected chi connectivity index (χ3v) is 5.09. The summed E-state index contributed by atoms with van der Waals surface area (Å²) in [5, 5.41) is 13.2. The van der Waals surface area contributed by atoms with Gasteiger partial charge in [0.05, 0.1) is 5.41 Å². The highest BCUT2D eigenvalue weighted by Crippen LogP contribution is 2.49. The smallest absolute Gasteiger partial charge is 0.236 e. The number of amides is 1. The maximum Gasteiger partial charge on any atom is 0.236 e. The molecule has 2 aromatic rings. The summed E-state index contributed by atoms with van der Waals surface area (Å²) in [7, 11) is 0. The zero-order valence-corrected chi connectivity index (χ0v) is 13.5. The number of hydrogen-bond donors (Lipinski definition) is 1. The first-order valence-electron chi connectivity index (χ1n) is 6.92. The lowest BCUT2D eigenvalue weighted by Crippen LogP contribution is -2.27.